The van der Waals surface area contributed by atoms with Gasteiger partial charge in [-0.15, -0.1) is 0 Å². The summed E-state index contributed by atoms with van der Waals surface area (Å²) in [6.45, 7) is 1.91. The van der Waals surface area contributed by atoms with Gasteiger partial charge in [0.1, 0.15) is 36.6 Å². The molecule has 2 saturated heterocycles. The molecule has 2 unspecified atom stereocenters. The summed E-state index contributed by atoms with van der Waals surface area (Å²) in [4.78, 5) is 77.7. The van der Waals surface area contributed by atoms with Gasteiger partial charge in [-0.25, -0.2) is 9.11 Å². The van der Waals surface area contributed by atoms with Crippen molar-refractivity contribution in [1.82, 2.24) is 14.9 Å². The number of esters is 1. The number of aromatic amines is 1. The van der Waals surface area contributed by atoms with E-state index in [1.165, 1.54) is 0 Å². The number of nitrogens with one attached hydrogen (secondary N) is 2. The minimum Gasteiger partial charge on any atom is -0.756 e. The lowest BCUT2D eigenvalue weighted by Crippen LogP contribution is -2.66. The van der Waals surface area contributed by atoms with Gasteiger partial charge in [-0.05, 0) is 12.8 Å². The van der Waals surface area contributed by atoms with E-state index in [-0.39, 0.29) is 12.8 Å². The van der Waals surface area contributed by atoms with E-state index >= 15 is 0 Å². The number of phosphoric acid groups is 2. The molecular formula is C37H63N3O20P2-2. The number of nitrogens with zero attached hydrogens (tertiary/aromatic N) is 1. The van der Waals surface area contributed by atoms with Crippen molar-refractivity contribution >= 4 is 27.5 Å². The third-order valence-corrected chi connectivity index (χ3v) is 12.9. The molecule has 1 aromatic rings. The molecule has 62 heavy (non-hydrogen) atoms. The third-order valence-electron chi connectivity index (χ3n) is 10.3. The molecule has 358 valence electrons. The van der Waals surface area contributed by atoms with E-state index in [2.05, 4.69) is 21.1 Å². The fraction of sp³-hybridized carbons (Fsp3) is 0.838. The molecule has 2 aliphatic heterocycles. The first kappa shape index (κ1) is 53.9. The van der Waals surface area contributed by atoms with Gasteiger partial charge in [0.05, 0.1) is 38.3 Å². The maximum Gasteiger partial charge on any atom is 0.330 e. The lowest BCUT2D eigenvalue weighted by Gasteiger charge is -2.45. The molecule has 0 radical (unpaired) electrons. The van der Waals surface area contributed by atoms with Crippen LogP contribution < -0.4 is 26.4 Å². The van der Waals surface area contributed by atoms with Gasteiger partial charge in [0.25, 0.3) is 21.2 Å². The highest BCUT2D eigenvalue weighted by Crippen LogP contribution is 2.57. The zero-order valence-electron chi connectivity index (χ0n) is 35.0. The topological polar surface area (TPSA) is 358 Å². The largest absolute Gasteiger partial charge is 0.756 e. The summed E-state index contributed by atoms with van der Waals surface area (Å²) < 4.78 is 56.4. The number of H-pyrrole nitrogens is 1. The van der Waals surface area contributed by atoms with Crippen LogP contribution in [-0.4, -0.2) is 126 Å². The Bertz CT molecular complexity index is 1730. The molecule has 0 aromatic carbocycles. The number of amides is 1. The molecule has 13 atom stereocenters. The van der Waals surface area contributed by atoms with Crippen LogP contribution >= 0.6 is 15.6 Å². The summed E-state index contributed by atoms with van der Waals surface area (Å²) in [5.41, 5.74) is -1.83. The molecular weight excluding hydrogens is 868 g/mol. The van der Waals surface area contributed by atoms with Crippen molar-refractivity contribution in [2.24, 2.45) is 0 Å². The van der Waals surface area contributed by atoms with Crippen LogP contribution in [0.4, 0.5) is 0 Å². The van der Waals surface area contributed by atoms with Crippen LogP contribution in [0.25, 0.3) is 0 Å². The second-order valence-electron chi connectivity index (χ2n) is 15.5. The minimum atomic E-state index is -6.19. The first-order valence-corrected chi connectivity index (χ1v) is 24.0. The molecule has 1 aromatic heterocycles. The molecule has 0 saturated carbocycles. The molecule has 3 rings (SSSR count). The number of carbonyl (C=O) groups is 2. The van der Waals surface area contributed by atoms with E-state index in [0.717, 1.165) is 76.5 Å². The Labute approximate surface area is 358 Å². The average molecular weight is 932 g/mol. The second-order valence-corrected chi connectivity index (χ2v) is 18.4. The number of ether oxygens (including phenoxy) is 3. The number of rotatable bonds is 29. The summed E-state index contributed by atoms with van der Waals surface area (Å²) in [5.74, 6) is -2.05. The lowest BCUT2D eigenvalue weighted by atomic mass is 9.96. The highest BCUT2D eigenvalue weighted by atomic mass is 31.3. The van der Waals surface area contributed by atoms with Crippen LogP contribution in [0.15, 0.2) is 21.9 Å². The summed E-state index contributed by atoms with van der Waals surface area (Å²) in [6, 6.07) is -1.06. The Morgan fingerprint density at radius 2 is 1.42 bits per heavy atom. The van der Waals surface area contributed by atoms with Gasteiger partial charge in [0, 0.05) is 12.3 Å². The first-order valence-electron chi connectivity index (χ1n) is 21.1. The van der Waals surface area contributed by atoms with Gasteiger partial charge in [-0.2, -0.15) is 0 Å². The van der Waals surface area contributed by atoms with Crippen molar-refractivity contribution in [3.8, 4) is 0 Å². The molecule has 25 heteroatoms. The second kappa shape index (κ2) is 26.5. The lowest BCUT2D eigenvalue weighted by molar-refractivity contribution is -0.286. The van der Waals surface area contributed by atoms with Gasteiger partial charge in [-0.1, -0.05) is 90.9 Å². The SMILES string of the molecule is CCCCCCCCC[C@@H](O)CC(=O)N[C@H]1[C@@H](OP(=O)([O-])OP(=O)([O-])OC[C@H]2O[C@@H](n3ccc(=O)[nH]c3=O)[C@H](O)[C@@H]2O)O[C@H](CO)[C@@H](O)[C@@H]1OC(=O)C[C@H](O)CCCCCCC. The van der Waals surface area contributed by atoms with E-state index in [4.69, 9.17) is 18.7 Å². The van der Waals surface area contributed by atoms with E-state index < -0.39 is 132 Å². The number of phosphoric ester groups is 2. The summed E-state index contributed by atoms with van der Waals surface area (Å²) in [6.07, 6.45) is -6.30. The smallest absolute Gasteiger partial charge is 0.330 e. The number of carbonyl (C=O) groups excluding carboxylic acids is 2. The highest BCUT2D eigenvalue weighted by Gasteiger charge is 2.50. The Balaban J connectivity index is 1.74. The van der Waals surface area contributed by atoms with Crippen LogP contribution in [0.2, 0.25) is 0 Å². The van der Waals surface area contributed by atoms with Crippen molar-refractivity contribution in [2.45, 2.75) is 184 Å². The predicted molar refractivity (Wildman–Crippen MR) is 211 cm³/mol. The third kappa shape index (κ3) is 17.9. The normalized spacial score (nSPS) is 28.1. The van der Waals surface area contributed by atoms with E-state index in [1.807, 2.05) is 11.9 Å². The minimum absolute atomic E-state index is 0.225. The molecule has 2 fully saturated rings. The Kier molecular flexibility index (Phi) is 23.0. The van der Waals surface area contributed by atoms with E-state index in [1.54, 1.807) is 0 Å². The van der Waals surface area contributed by atoms with Crippen molar-refractivity contribution < 1.29 is 86.7 Å². The molecule has 1 amide bonds. The number of aliphatic hydroxyl groups is 6. The molecule has 8 N–H and O–H groups in total. The number of aliphatic hydroxyl groups excluding tert-OH is 6. The molecule has 0 spiro atoms. The fourth-order valence-corrected chi connectivity index (χ4v) is 9.10. The number of unbranched alkanes of at least 4 members (excludes halogenated alkanes) is 10. The number of aromatic nitrogens is 2. The molecule has 0 bridgehead atoms. The zero-order valence-corrected chi connectivity index (χ0v) is 36.8. The van der Waals surface area contributed by atoms with Crippen LogP contribution in [0.3, 0.4) is 0 Å². The molecule has 2 aliphatic rings. The van der Waals surface area contributed by atoms with Crippen LogP contribution in [0.1, 0.15) is 123 Å². The summed E-state index contributed by atoms with van der Waals surface area (Å²) >= 11 is 0. The zero-order chi connectivity index (χ0) is 46.0. The first-order chi connectivity index (χ1) is 29.3. The number of hydrogen-bond acceptors (Lipinski definition) is 20. The summed E-state index contributed by atoms with van der Waals surface area (Å²) in [5, 5.41) is 65.3. The van der Waals surface area contributed by atoms with E-state index in [9.17, 15) is 68.7 Å². The molecule has 0 aliphatic carbocycles. The van der Waals surface area contributed by atoms with Crippen molar-refractivity contribution in [1.29, 1.82) is 0 Å². The maximum absolute atomic E-state index is 13.3. The standard InChI is InChI=1S/C37H65N3O20P2/c1-3-5-7-9-10-12-14-15-23(42)19-28(45)38-30-34(58-29(46)20-24(43)16-13-11-8-6-4-2)32(48)25(21-41)57-36(30)59-62(53,54)60-61(51,52)55-22-26-31(47)33(49)35(56-26)40-18-17-27(44)39-37(40)50/h17-18,23-26,30-36,41-43,47-49H,3-16,19-22H2,1-2H3,(H,38,45)(H,51,52)(H,53,54)(H,39,44,50)/p-2/t23-,24-,25-,26-,30-,31-,32-,33-,34-,35-,36-/m1/s1. The molecule has 3 heterocycles. The predicted octanol–water partition coefficient (Wildman–Crippen LogP) is -0.380. The highest BCUT2D eigenvalue weighted by molar-refractivity contribution is 7.59. The quantitative estimate of drug-likeness (QED) is 0.0288. The average Bonchev–Trinajstić information content (AvgIpc) is 3.47. The summed E-state index contributed by atoms with van der Waals surface area (Å²) in [7, 11) is -12.2. The van der Waals surface area contributed by atoms with Gasteiger partial charge in [-0.3, -0.25) is 37.6 Å². The van der Waals surface area contributed by atoms with Gasteiger partial charge in [0.15, 0.2) is 18.6 Å². The van der Waals surface area contributed by atoms with Gasteiger partial charge < -0.3 is 64.5 Å². The van der Waals surface area contributed by atoms with Crippen molar-refractivity contribution in [3.63, 3.8) is 0 Å². The fourth-order valence-electron chi connectivity index (χ4n) is 7.01. The Hall–Kier alpha value is -2.44. The van der Waals surface area contributed by atoms with Gasteiger partial charge >= 0.3 is 11.7 Å². The van der Waals surface area contributed by atoms with E-state index in [0.29, 0.717) is 17.4 Å². The van der Waals surface area contributed by atoms with Crippen LogP contribution in [0, 0.1) is 0 Å². The number of hydrogen-bond donors (Lipinski definition) is 8. The van der Waals surface area contributed by atoms with Crippen molar-refractivity contribution in [3.05, 3.63) is 33.1 Å². The van der Waals surface area contributed by atoms with Crippen molar-refractivity contribution in [2.75, 3.05) is 13.2 Å². The van der Waals surface area contributed by atoms with Gasteiger partial charge in [0.2, 0.25) is 5.91 Å². The molecule has 23 nitrogen and oxygen atoms in total. The Morgan fingerprint density at radius 3 is 2.00 bits per heavy atom. The monoisotopic (exact) mass is 931 g/mol. The van der Waals surface area contributed by atoms with Crippen LogP contribution in [-0.2, 0) is 46.3 Å². The maximum atomic E-state index is 13.3. The van der Waals surface area contributed by atoms with Crippen LogP contribution in [0.5, 0.6) is 0 Å². The Morgan fingerprint density at radius 1 is 0.839 bits per heavy atom.